The molecule has 0 saturated carbocycles. The van der Waals surface area contributed by atoms with Crippen LogP contribution in [0.4, 0.5) is 5.69 Å². The van der Waals surface area contributed by atoms with Crippen molar-refractivity contribution in [3.63, 3.8) is 0 Å². The van der Waals surface area contributed by atoms with Gasteiger partial charge in [0.25, 0.3) is 11.6 Å². The van der Waals surface area contributed by atoms with Crippen molar-refractivity contribution in [3.8, 4) is 0 Å². The minimum Gasteiger partial charge on any atom is -0.351 e. The number of nitrogens with one attached hydrogen (secondary N) is 1. The second-order valence-electron chi connectivity index (χ2n) is 6.80. The lowest BCUT2D eigenvalue weighted by Gasteiger charge is -2.21. The van der Waals surface area contributed by atoms with Gasteiger partial charge in [-0.3, -0.25) is 14.9 Å². The van der Waals surface area contributed by atoms with Crippen molar-refractivity contribution >= 4 is 44.6 Å². The van der Waals surface area contributed by atoms with E-state index in [-0.39, 0.29) is 34.6 Å². The van der Waals surface area contributed by atoms with Crippen molar-refractivity contribution < 1.29 is 18.1 Å². The second kappa shape index (κ2) is 11.5. The third kappa shape index (κ3) is 6.70. The summed E-state index contributed by atoms with van der Waals surface area (Å²) in [6.07, 6.45) is 3.18. The van der Waals surface area contributed by atoms with Gasteiger partial charge in [-0.2, -0.15) is 4.31 Å². The molecule has 0 aliphatic carbocycles. The summed E-state index contributed by atoms with van der Waals surface area (Å²) in [6, 6.07) is 3.41. The molecule has 0 aliphatic heterocycles. The molecular weight excluding hydrogens is 464 g/mol. The van der Waals surface area contributed by atoms with Gasteiger partial charge in [0.2, 0.25) is 10.0 Å². The predicted octanol–water partition coefficient (Wildman–Crippen LogP) is 4.23. The molecule has 0 fully saturated rings. The molecule has 0 unspecified atom stereocenters. The van der Waals surface area contributed by atoms with Crippen molar-refractivity contribution in [1.29, 1.82) is 0 Å². The molecule has 0 spiro atoms. The van der Waals surface area contributed by atoms with Crippen molar-refractivity contribution in [2.45, 2.75) is 51.0 Å². The predicted molar refractivity (Wildman–Crippen MR) is 120 cm³/mol. The maximum Gasteiger partial charge on any atom is 0.289 e. The van der Waals surface area contributed by atoms with E-state index in [0.29, 0.717) is 18.0 Å². The van der Waals surface area contributed by atoms with Crippen LogP contribution in [0.25, 0.3) is 0 Å². The molecule has 1 N–H and O–H groups in total. The lowest BCUT2D eigenvalue weighted by atomic mass is 10.3. The van der Waals surface area contributed by atoms with Gasteiger partial charge in [-0.05, 0) is 25.0 Å². The third-order valence-electron chi connectivity index (χ3n) is 4.43. The van der Waals surface area contributed by atoms with Gasteiger partial charge in [0.05, 0.1) is 16.4 Å². The first-order valence-electron chi connectivity index (χ1n) is 9.87. The number of benzene rings is 1. The number of hydrogen-bond donors (Lipinski definition) is 1. The minimum absolute atomic E-state index is 0.0360. The fourth-order valence-electron chi connectivity index (χ4n) is 2.67. The summed E-state index contributed by atoms with van der Waals surface area (Å²) in [5, 5.41) is 15.9. The molecular formula is C19H25ClN4O5S2. The summed E-state index contributed by atoms with van der Waals surface area (Å²) in [7, 11) is -4.04. The van der Waals surface area contributed by atoms with E-state index in [0.717, 1.165) is 25.3 Å². The zero-order valence-electron chi connectivity index (χ0n) is 17.3. The molecule has 1 amide bonds. The van der Waals surface area contributed by atoms with Gasteiger partial charge in [-0.1, -0.05) is 38.3 Å². The lowest BCUT2D eigenvalue weighted by Crippen LogP contribution is -2.32. The molecule has 9 nitrogen and oxygen atoms in total. The SMILES string of the molecule is CCCCNC(=O)c1csc(CN(CCCC)S(=O)(=O)c2ccc(Cl)c([N+](=O)[O-])c2)n1. The maximum absolute atomic E-state index is 13.2. The van der Waals surface area contributed by atoms with Crippen LogP contribution in [-0.2, 0) is 16.6 Å². The van der Waals surface area contributed by atoms with Crippen LogP contribution in [-0.4, -0.2) is 41.6 Å². The van der Waals surface area contributed by atoms with Crippen molar-refractivity contribution in [1.82, 2.24) is 14.6 Å². The summed E-state index contributed by atoms with van der Waals surface area (Å²) in [5.41, 5.74) is -0.232. The Morgan fingerprint density at radius 2 is 2.00 bits per heavy atom. The molecule has 170 valence electrons. The maximum atomic E-state index is 13.2. The number of aromatic nitrogens is 1. The number of unbranched alkanes of at least 4 members (excludes halogenated alkanes) is 2. The van der Waals surface area contributed by atoms with Gasteiger partial charge < -0.3 is 5.32 Å². The number of nitrogens with zero attached hydrogens (tertiary/aromatic N) is 3. The molecule has 12 heteroatoms. The highest BCUT2D eigenvalue weighted by Crippen LogP contribution is 2.29. The Labute approximate surface area is 190 Å². The van der Waals surface area contributed by atoms with Crippen molar-refractivity contribution in [2.75, 3.05) is 13.1 Å². The summed E-state index contributed by atoms with van der Waals surface area (Å²) in [4.78, 5) is 26.7. The smallest absolute Gasteiger partial charge is 0.289 e. The molecule has 0 saturated heterocycles. The highest BCUT2D eigenvalue weighted by Gasteiger charge is 2.28. The van der Waals surface area contributed by atoms with E-state index in [4.69, 9.17) is 11.6 Å². The first-order valence-corrected chi connectivity index (χ1v) is 12.6. The zero-order chi connectivity index (χ0) is 23.0. The Hall–Kier alpha value is -2.08. The topological polar surface area (TPSA) is 123 Å². The van der Waals surface area contributed by atoms with Crippen LogP contribution in [0, 0.1) is 10.1 Å². The first kappa shape index (κ1) is 25.2. The Kier molecular flexibility index (Phi) is 9.35. The number of hydrogen-bond acceptors (Lipinski definition) is 7. The zero-order valence-corrected chi connectivity index (χ0v) is 19.7. The summed E-state index contributed by atoms with van der Waals surface area (Å²) >= 11 is 7.01. The number of halogens is 1. The number of amides is 1. The molecule has 1 aromatic carbocycles. The van der Waals surface area contributed by atoms with Crippen LogP contribution in [0.3, 0.4) is 0 Å². The van der Waals surface area contributed by atoms with Gasteiger partial charge in [-0.25, -0.2) is 13.4 Å². The monoisotopic (exact) mass is 488 g/mol. The molecule has 2 rings (SSSR count). The fraction of sp³-hybridized carbons (Fsp3) is 0.474. The minimum atomic E-state index is -4.04. The van der Waals surface area contributed by atoms with Gasteiger partial charge in [0.15, 0.2) is 0 Å². The van der Waals surface area contributed by atoms with Gasteiger partial charge in [-0.15, -0.1) is 11.3 Å². The molecule has 2 aromatic rings. The van der Waals surface area contributed by atoms with Gasteiger partial charge in [0.1, 0.15) is 15.7 Å². The number of rotatable bonds is 12. The summed E-state index contributed by atoms with van der Waals surface area (Å²) in [6.45, 7) is 4.68. The van der Waals surface area contributed by atoms with E-state index in [1.54, 1.807) is 5.38 Å². The average Bonchev–Trinajstić information content (AvgIpc) is 3.19. The molecule has 0 aliphatic rings. The normalized spacial score (nSPS) is 11.6. The second-order valence-corrected chi connectivity index (χ2v) is 10.1. The van der Waals surface area contributed by atoms with E-state index in [2.05, 4.69) is 10.3 Å². The van der Waals surface area contributed by atoms with E-state index >= 15 is 0 Å². The number of nitro groups is 1. The van der Waals surface area contributed by atoms with Crippen LogP contribution in [0.2, 0.25) is 5.02 Å². The Bertz CT molecular complexity index is 1030. The van der Waals surface area contributed by atoms with Crippen molar-refractivity contribution in [3.05, 3.63) is 49.4 Å². The molecule has 0 atom stereocenters. The quantitative estimate of drug-likeness (QED) is 0.271. The fourth-order valence-corrected chi connectivity index (χ4v) is 5.19. The van der Waals surface area contributed by atoms with E-state index in [1.165, 1.54) is 27.8 Å². The first-order chi connectivity index (χ1) is 14.7. The molecule has 0 radical (unpaired) electrons. The molecule has 31 heavy (non-hydrogen) atoms. The molecule has 1 aromatic heterocycles. The van der Waals surface area contributed by atoms with Crippen LogP contribution in [0.15, 0.2) is 28.5 Å². The highest BCUT2D eigenvalue weighted by atomic mass is 35.5. The molecule has 1 heterocycles. The summed E-state index contributed by atoms with van der Waals surface area (Å²) in [5.74, 6) is -0.299. The number of nitro benzene ring substituents is 1. The Morgan fingerprint density at radius 1 is 1.29 bits per heavy atom. The van der Waals surface area contributed by atoms with Crippen molar-refractivity contribution in [2.24, 2.45) is 0 Å². The summed E-state index contributed by atoms with van der Waals surface area (Å²) < 4.78 is 27.6. The number of sulfonamides is 1. The molecule has 0 bridgehead atoms. The average molecular weight is 489 g/mol. The van der Waals surface area contributed by atoms with E-state index < -0.39 is 20.6 Å². The van der Waals surface area contributed by atoms with Crippen LogP contribution in [0.5, 0.6) is 0 Å². The standard InChI is InChI=1S/C19H25ClN4O5S2/c1-3-5-9-21-19(25)16-13-30-18(22-16)12-23(10-6-4-2)31(28,29)14-7-8-15(20)17(11-14)24(26)27/h7-8,11,13H,3-6,9-10,12H2,1-2H3,(H,21,25). The Balaban J connectivity index is 2.27. The van der Waals surface area contributed by atoms with E-state index in [1.807, 2.05) is 13.8 Å². The highest BCUT2D eigenvalue weighted by molar-refractivity contribution is 7.89. The number of carbonyl (C=O) groups is 1. The van der Waals surface area contributed by atoms with E-state index in [9.17, 15) is 23.3 Å². The lowest BCUT2D eigenvalue weighted by molar-refractivity contribution is -0.384. The number of carbonyl (C=O) groups excluding carboxylic acids is 1. The van der Waals surface area contributed by atoms with Gasteiger partial charge >= 0.3 is 0 Å². The van der Waals surface area contributed by atoms with Crippen LogP contribution in [0.1, 0.15) is 55.0 Å². The van der Waals surface area contributed by atoms with Gasteiger partial charge in [0, 0.05) is 24.5 Å². The van der Waals surface area contributed by atoms with Crippen LogP contribution < -0.4 is 5.32 Å². The number of thiazole rings is 1. The van der Waals surface area contributed by atoms with Crippen LogP contribution >= 0.6 is 22.9 Å². The third-order valence-corrected chi connectivity index (χ3v) is 7.42. The largest absolute Gasteiger partial charge is 0.351 e. The Morgan fingerprint density at radius 3 is 2.65 bits per heavy atom.